The van der Waals surface area contributed by atoms with Crippen LogP contribution in [0, 0.1) is 0 Å². The Morgan fingerprint density at radius 1 is 0.909 bits per heavy atom. The Labute approximate surface area is 141 Å². The fraction of sp³-hybridized carbons (Fsp3) is 0.158. The van der Waals surface area contributed by atoms with Crippen LogP contribution in [0.2, 0.25) is 5.02 Å². The second-order valence-corrected chi connectivity index (χ2v) is 8.43. The van der Waals surface area contributed by atoms with Crippen molar-refractivity contribution in [2.45, 2.75) is 19.4 Å². The third-order valence-electron chi connectivity index (χ3n) is 3.53. The molecule has 1 heterocycles. The molecule has 22 heavy (non-hydrogen) atoms. The van der Waals surface area contributed by atoms with Crippen LogP contribution in [0.25, 0.3) is 21.1 Å². The van der Waals surface area contributed by atoms with E-state index in [1.807, 2.05) is 44.2 Å². The first-order chi connectivity index (χ1) is 10.4. The SMILES string of the molecule is CC(C)(O)c1cc(-c2ccc(Cl)cc2)c(-c2ccccc2)[se]1. The molecular weight excluding hydrogens is 359 g/mol. The van der Waals surface area contributed by atoms with Gasteiger partial charge in [0.05, 0.1) is 0 Å². The second kappa shape index (κ2) is 6.06. The Bertz CT molecular complexity index is 767. The summed E-state index contributed by atoms with van der Waals surface area (Å²) in [5, 5.41) is 11.1. The fourth-order valence-corrected chi connectivity index (χ4v) is 4.96. The van der Waals surface area contributed by atoms with Crippen LogP contribution in [0.4, 0.5) is 0 Å². The van der Waals surface area contributed by atoms with Crippen molar-refractivity contribution < 1.29 is 5.11 Å². The molecule has 1 aromatic heterocycles. The summed E-state index contributed by atoms with van der Waals surface area (Å²) in [5.74, 6) is 0. The van der Waals surface area contributed by atoms with E-state index in [0.717, 1.165) is 15.0 Å². The maximum atomic E-state index is 10.4. The van der Waals surface area contributed by atoms with Gasteiger partial charge >= 0.3 is 142 Å². The molecule has 0 aliphatic heterocycles. The average molecular weight is 376 g/mol. The molecule has 1 nitrogen and oxygen atoms in total. The molecule has 0 saturated heterocycles. The number of benzene rings is 2. The Morgan fingerprint density at radius 3 is 2.14 bits per heavy atom. The molecule has 0 radical (unpaired) electrons. The zero-order valence-corrected chi connectivity index (χ0v) is 15.0. The molecule has 0 aliphatic rings. The first kappa shape index (κ1) is 15.6. The monoisotopic (exact) mass is 376 g/mol. The van der Waals surface area contributed by atoms with E-state index in [4.69, 9.17) is 11.6 Å². The summed E-state index contributed by atoms with van der Waals surface area (Å²) in [5.41, 5.74) is 2.78. The zero-order valence-electron chi connectivity index (χ0n) is 12.5. The Hall–Kier alpha value is -1.31. The van der Waals surface area contributed by atoms with Crippen molar-refractivity contribution in [3.05, 3.63) is 70.1 Å². The van der Waals surface area contributed by atoms with Gasteiger partial charge in [0.25, 0.3) is 0 Å². The minimum absolute atomic E-state index is 0.120. The summed E-state index contributed by atoms with van der Waals surface area (Å²) in [6.07, 6.45) is 0. The van der Waals surface area contributed by atoms with Crippen LogP contribution in [0.1, 0.15) is 18.3 Å². The quantitative estimate of drug-likeness (QED) is 0.642. The predicted octanol–water partition coefficient (Wildman–Crippen LogP) is 4.96. The van der Waals surface area contributed by atoms with Crippen LogP contribution in [-0.2, 0) is 5.60 Å². The van der Waals surface area contributed by atoms with Gasteiger partial charge < -0.3 is 0 Å². The van der Waals surface area contributed by atoms with Gasteiger partial charge in [0, 0.05) is 0 Å². The Kier molecular flexibility index (Phi) is 4.29. The summed E-state index contributed by atoms with van der Waals surface area (Å²) in [6.45, 7) is 3.71. The van der Waals surface area contributed by atoms with E-state index in [1.165, 1.54) is 15.6 Å². The Balaban J connectivity index is 2.19. The van der Waals surface area contributed by atoms with Crippen LogP contribution in [0.5, 0.6) is 0 Å². The molecule has 0 atom stereocenters. The molecule has 3 rings (SSSR count). The van der Waals surface area contributed by atoms with Crippen LogP contribution < -0.4 is 0 Å². The molecule has 3 heteroatoms. The van der Waals surface area contributed by atoms with Crippen LogP contribution in [0.15, 0.2) is 60.7 Å². The second-order valence-electron chi connectivity index (χ2n) is 5.79. The van der Waals surface area contributed by atoms with Crippen molar-refractivity contribution >= 4 is 26.1 Å². The van der Waals surface area contributed by atoms with E-state index in [0.29, 0.717) is 0 Å². The first-order valence-corrected chi connectivity index (χ1v) is 9.22. The molecule has 3 aromatic rings. The van der Waals surface area contributed by atoms with Crippen molar-refractivity contribution in [1.82, 2.24) is 0 Å². The van der Waals surface area contributed by atoms with Crippen molar-refractivity contribution in [2.75, 3.05) is 0 Å². The molecule has 2 aromatic carbocycles. The van der Waals surface area contributed by atoms with Crippen molar-refractivity contribution in [3.8, 4) is 21.1 Å². The number of aliphatic hydroxyl groups is 1. The molecule has 0 spiro atoms. The average Bonchev–Trinajstić information content (AvgIpc) is 2.94. The van der Waals surface area contributed by atoms with Gasteiger partial charge in [0.15, 0.2) is 0 Å². The molecule has 0 unspecified atom stereocenters. The van der Waals surface area contributed by atoms with Gasteiger partial charge in [0.1, 0.15) is 0 Å². The van der Waals surface area contributed by atoms with Gasteiger partial charge in [0.2, 0.25) is 0 Å². The summed E-state index contributed by atoms with van der Waals surface area (Å²) >= 11 is 6.13. The number of hydrogen-bond donors (Lipinski definition) is 1. The molecule has 1 N–H and O–H groups in total. The number of hydrogen-bond acceptors (Lipinski definition) is 1. The van der Waals surface area contributed by atoms with E-state index < -0.39 is 5.60 Å². The van der Waals surface area contributed by atoms with Gasteiger partial charge in [-0.15, -0.1) is 0 Å². The van der Waals surface area contributed by atoms with Crippen LogP contribution >= 0.6 is 11.6 Å². The third-order valence-corrected chi connectivity index (χ3v) is 6.92. The van der Waals surface area contributed by atoms with Gasteiger partial charge in [-0.25, -0.2) is 0 Å². The number of halogens is 1. The fourth-order valence-electron chi connectivity index (χ4n) is 2.34. The molecule has 0 bridgehead atoms. The van der Waals surface area contributed by atoms with Gasteiger partial charge in [-0.3, -0.25) is 0 Å². The van der Waals surface area contributed by atoms with E-state index in [2.05, 4.69) is 30.3 Å². The predicted molar refractivity (Wildman–Crippen MR) is 94.5 cm³/mol. The molecule has 0 saturated carbocycles. The molecule has 0 fully saturated rings. The number of rotatable bonds is 3. The van der Waals surface area contributed by atoms with Gasteiger partial charge in [-0.05, 0) is 0 Å². The Morgan fingerprint density at radius 2 is 1.55 bits per heavy atom. The summed E-state index contributed by atoms with van der Waals surface area (Å²) in [4.78, 5) is 0. The van der Waals surface area contributed by atoms with E-state index >= 15 is 0 Å². The summed E-state index contributed by atoms with van der Waals surface area (Å²) in [6, 6.07) is 20.5. The van der Waals surface area contributed by atoms with E-state index in [1.54, 1.807) is 0 Å². The van der Waals surface area contributed by atoms with E-state index in [-0.39, 0.29) is 14.5 Å². The summed E-state index contributed by atoms with van der Waals surface area (Å²) < 4.78 is 2.41. The minimum atomic E-state index is -0.784. The van der Waals surface area contributed by atoms with Gasteiger partial charge in [-0.2, -0.15) is 0 Å². The summed E-state index contributed by atoms with van der Waals surface area (Å²) in [7, 11) is 0. The van der Waals surface area contributed by atoms with Crippen molar-refractivity contribution in [3.63, 3.8) is 0 Å². The normalized spacial score (nSPS) is 11.6. The topological polar surface area (TPSA) is 20.2 Å². The molecule has 0 aliphatic carbocycles. The first-order valence-electron chi connectivity index (χ1n) is 7.13. The third kappa shape index (κ3) is 3.21. The molecular formula is C19H17ClOSe. The zero-order chi connectivity index (χ0) is 15.7. The van der Waals surface area contributed by atoms with Crippen LogP contribution in [0.3, 0.4) is 0 Å². The van der Waals surface area contributed by atoms with E-state index in [9.17, 15) is 5.11 Å². The van der Waals surface area contributed by atoms with Gasteiger partial charge in [-0.1, -0.05) is 0 Å². The maximum absolute atomic E-state index is 10.4. The molecule has 112 valence electrons. The van der Waals surface area contributed by atoms with Crippen molar-refractivity contribution in [2.24, 2.45) is 0 Å². The molecule has 0 amide bonds. The van der Waals surface area contributed by atoms with Crippen LogP contribution in [-0.4, -0.2) is 19.6 Å². The van der Waals surface area contributed by atoms with Crippen molar-refractivity contribution in [1.29, 1.82) is 0 Å². The standard InChI is InChI=1S/C19H17ClOSe/c1-19(2,21)17-12-16(13-8-10-15(20)11-9-13)18(22-17)14-6-4-3-5-7-14/h3-12,21H,1-2H3.